The van der Waals surface area contributed by atoms with E-state index in [0.717, 1.165) is 30.4 Å². The summed E-state index contributed by atoms with van der Waals surface area (Å²) in [5.41, 5.74) is 3.43. The molecule has 0 saturated carbocycles. The molecule has 28 heavy (non-hydrogen) atoms. The molecule has 0 spiro atoms. The molecule has 3 aromatic rings. The van der Waals surface area contributed by atoms with Crippen LogP contribution in [0.2, 0.25) is 0 Å². The van der Waals surface area contributed by atoms with E-state index in [1.165, 1.54) is 5.56 Å². The zero-order valence-corrected chi connectivity index (χ0v) is 18.4. The summed E-state index contributed by atoms with van der Waals surface area (Å²) in [6, 6.07) is 15.2. The first-order valence-corrected chi connectivity index (χ1v) is 11.6. The fraction of sp³-hybridized carbons (Fsp3) is 0.286. The molecule has 0 atom stereocenters. The molecule has 0 fully saturated rings. The van der Waals surface area contributed by atoms with E-state index in [1.807, 2.05) is 43.3 Å². The molecule has 0 aliphatic rings. The maximum Gasteiger partial charge on any atom is 0.263 e. The van der Waals surface area contributed by atoms with Gasteiger partial charge in [0.2, 0.25) is 0 Å². The average Bonchev–Trinajstić information content (AvgIpc) is 3.00. The van der Waals surface area contributed by atoms with Crippen molar-refractivity contribution in [3.05, 3.63) is 75.9 Å². The Hall–Kier alpha value is -2.12. The molecule has 3 rings (SSSR count). The number of aryl methyl sites for hydroxylation is 2. The van der Waals surface area contributed by atoms with Gasteiger partial charge in [0, 0.05) is 6.20 Å². The first-order valence-electron chi connectivity index (χ1n) is 9.27. The Morgan fingerprint density at radius 1 is 1.04 bits per heavy atom. The summed E-state index contributed by atoms with van der Waals surface area (Å²) >= 11 is 3.40. The van der Waals surface area contributed by atoms with Gasteiger partial charge in [-0.15, -0.1) is 0 Å². The third kappa shape index (κ3) is 5.23. The lowest BCUT2D eigenvalue weighted by Crippen LogP contribution is -2.14. The van der Waals surface area contributed by atoms with Crippen LogP contribution in [0.4, 0.5) is 5.82 Å². The topological polar surface area (TPSA) is 64.0 Å². The van der Waals surface area contributed by atoms with Crippen molar-refractivity contribution in [2.45, 2.75) is 44.6 Å². The van der Waals surface area contributed by atoms with Crippen LogP contribution < -0.4 is 4.72 Å². The first kappa shape index (κ1) is 20.6. The number of anilines is 1. The molecule has 1 N–H and O–H groups in total. The quantitative estimate of drug-likeness (QED) is 0.504. The van der Waals surface area contributed by atoms with Crippen LogP contribution in [0.15, 0.2) is 64.1 Å². The van der Waals surface area contributed by atoms with Gasteiger partial charge in [0.15, 0.2) is 5.82 Å². The minimum absolute atomic E-state index is 0.229. The maximum atomic E-state index is 12.7. The second kappa shape index (κ2) is 8.92. The maximum absolute atomic E-state index is 12.7. The average molecular weight is 462 g/mol. The summed E-state index contributed by atoms with van der Waals surface area (Å²) in [6.45, 7) is 4.74. The van der Waals surface area contributed by atoms with E-state index >= 15 is 0 Å². The Morgan fingerprint density at radius 3 is 2.32 bits per heavy atom. The van der Waals surface area contributed by atoms with E-state index in [2.05, 4.69) is 32.7 Å². The van der Waals surface area contributed by atoms with Crippen LogP contribution >= 0.6 is 15.9 Å². The van der Waals surface area contributed by atoms with Crippen molar-refractivity contribution in [1.82, 2.24) is 9.78 Å². The van der Waals surface area contributed by atoms with Crippen molar-refractivity contribution in [1.29, 1.82) is 0 Å². The predicted molar refractivity (Wildman–Crippen MR) is 116 cm³/mol. The van der Waals surface area contributed by atoms with E-state index in [1.54, 1.807) is 23.0 Å². The molecule has 2 aromatic carbocycles. The second-order valence-corrected chi connectivity index (χ2v) is 9.40. The zero-order chi connectivity index (χ0) is 20.1. The highest BCUT2D eigenvalue weighted by Crippen LogP contribution is 2.24. The summed E-state index contributed by atoms with van der Waals surface area (Å²) < 4.78 is 30.3. The molecule has 0 bridgehead atoms. The molecule has 0 saturated heterocycles. The fourth-order valence-electron chi connectivity index (χ4n) is 2.83. The van der Waals surface area contributed by atoms with Crippen LogP contribution in [0.1, 0.15) is 36.5 Å². The normalized spacial score (nSPS) is 11.5. The van der Waals surface area contributed by atoms with Gasteiger partial charge in [-0.3, -0.25) is 9.40 Å². The number of nitrogens with one attached hydrogen (secondary N) is 1. The third-order valence-corrected chi connectivity index (χ3v) is 6.40. The highest BCUT2D eigenvalue weighted by molar-refractivity contribution is 9.10. The Labute approximate surface area is 175 Å². The van der Waals surface area contributed by atoms with Gasteiger partial charge in [-0.05, 0) is 59.0 Å². The van der Waals surface area contributed by atoms with Gasteiger partial charge < -0.3 is 0 Å². The molecule has 5 nitrogen and oxygen atoms in total. The van der Waals surface area contributed by atoms with Crippen LogP contribution in [0.25, 0.3) is 0 Å². The molecule has 1 heterocycles. The van der Waals surface area contributed by atoms with Gasteiger partial charge in [0.05, 0.1) is 15.9 Å². The Kier molecular flexibility index (Phi) is 6.57. The van der Waals surface area contributed by atoms with Crippen LogP contribution in [-0.2, 0) is 23.0 Å². The lowest BCUT2D eigenvalue weighted by molar-refractivity contribution is 0.600. The monoisotopic (exact) mass is 461 g/mol. The molecular weight excluding hydrogens is 438 g/mol. The number of hydrogen-bond donors (Lipinski definition) is 1. The largest absolute Gasteiger partial charge is 0.265 e. The number of nitrogens with zero attached hydrogens (tertiary/aromatic N) is 2. The van der Waals surface area contributed by atoms with Gasteiger partial charge in [-0.2, -0.15) is 5.10 Å². The zero-order valence-electron chi connectivity index (χ0n) is 16.0. The Balaban J connectivity index is 1.73. The van der Waals surface area contributed by atoms with Crippen molar-refractivity contribution >= 4 is 31.8 Å². The van der Waals surface area contributed by atoms with Crippen LogP contribution in [-0.4, -0.2) is 18.2 Å². The standard InChI is InChI=1S/C21H24BrN3O2S/c1-3-4-5-17-10-12-19(13-11-17)28(26,27)24-21-20(22)15-25(23-21)14-18-8-6-16(2)7-9-18/h6-13,15H,3-5,14H2,1-2H3,(H,23,24). The van der Waals surface area contributed by atoms with E-state index in [9.17, 15) is 8.42 Å². The fourth-order valence-corrected chi connectivity index (χ4v) is 4.39. The van der Waals surface area contributed by atoms with Crippen molar-refractivity contribution in [2.75, 3.05) is 4.72 Å². The van der Waals surface area contributed by atoms with E-state index in [0.29, 0.717) is 11.0 Å². The molecule has 7 heteroatoms. The van der Waals surface area contributed by atoms with E-state index < -0.39 is 10.0 Å². The molecule has 0 unspecified atom stereocenters. The second-order valence-electron chi connectivity index (χ2n) is 6.86. The number of halogens is 1. The Morgan fingerprint density at radius 2 is 1.68 bits per heavy atom. The highest BCUT2D eigenvalue weighted by atomic mass is 79.9. The Bertz CT molecular complexity index is 1030. The van der Waals surface area contributed by atoms with Crippen molar-refractivity contribution < 1.29 is 8.42 Å². The third-order valence-electron chi connectivity index (χ3n) is 4.47. The number of hydrogen-bond acceptors (Lipinski definition) is 3. The number of aromatic nitrogens is 2. The molecule has 1 aromatic heterocycles. The van der Waals surface area contributed by atoms with Crippen LogP contribution in [0.3, 0.4) is 0 Å². The van der Waals surface area contributed by atoms with Crippen LogP contribution in [0, 0.1) is 6.92 Å². The highest BCUT2D eigenvalue weighted by Gasteiger charge is 2.18. The minimum Gasteiger partial charge on any atom is -0.265 e. The van der Waals surface area contributed by atoms with Gasteiger partial charge in [0.1, 0.15) is 0 Å². The summed E-state index contributed by atoms with van der Waals surface area (Å²) in [7, 11) is -3.69. The van der Waals surface area contributed by atoms with Gasteiger partial charge in [-0.1, -0.05) is 55.3 Å². The predicted octanol–water partition coefficient (Wildman–Crippen LogP) is 5.15. The number of sulfonamides is 1. The summed E-state index contributed by atoms with van der Waals surface area (Å²) in [6.07, 6.45) is 4.93. The van der Waals surface area contributed by atoms with E-state index in [-0.39, 0.29) is 10.7 Å². The molecule has 148 valence electrons. The first-order chi connectivity index (χ1) is 13.4. The number of benzene rings is 2. The summed E-state index contributed by atoms with van der Waals surface area (Å²) in [5, 5.41) is 4.38. The lowest BCUT2D eigenvalue weighted by atomic mass is 10.1. The number of unbranched alkanes of at least 4 members (excludes halogenated alkanes) is 1. The summed E-state index contributed by atoms with van der Waals surface area (Å²) in [5.74, 6) is 0.280. The van der Waals surface area contributed by atoms with Crippen LogP contribution in [0.5, 0.6) is 0 Å². The van der Waals surface area contributed by atoms with Crippen molar-refractivity contribution in [2.24, 2.45) is 0 Å². The summed E-state index contributed by atoms with van der Waals surface area (Å²) in [4.78, 5) is 0.229. The van der Waals surface area contributed by atoms with E-state index in [4.69, 9.17) is 0 Å². The molecule has 0 aliphatic heterocycles. The minimum atomic E-state index is -3.69. The molecular formula is C21H24BrN3O2S. The van der Waals surface area contributed by atoms with Crippen molar-refractivity contribution in [3.63, 3.8) is 0 Å². The smallest absolute Gasteiger partial charge is 0.263 e. The molecule has 0 amide bonds. The number of rotatable bonds is 8. The molecule has 0 radical (unpaired) electrons. The SMILES string of the molecule is CCCCc1ccc(S(=O)(=O)Nc2nn(Cc3ccc(C)cc3)cc2Br)cc1. The lowest BCUT2D eigenvalue weighted by Gasteiger charge is -2.07. The van der Waals surface area contributed by atoms with Gasteiger partial charge >= 0.3 is 0 Å². The van der Waals surface area contributed by atoms with Crippen molar-refractivity contribution in [3.8, 4) is 0 Å². The van der Waals surface area contributed by atoms with Gasteiger partial charge in [0.25, 0.3) is 10.0 Å². The van der Waals surface area contributed by atoms with Gasteiger partial charge in [-0.25, -0.2) is 8.42 Å². The molecule has 0 aliphatic carbocycles.